The maximum absolute atomic E-state index is 12.4. The summed E-state index contributed by atoms with van der Waals surface area (Å²) in [4.78, 5) is 24.1. The van der Waals surface area contributed by atoms with Crippen molar-refractivity contribution in [3.05, 3.63) is 77.3 Å². The normalized spacial score (nSPS) is 10.4. The summed E-state index contributed by atoms with van der Waals surface area (Å²) in [7, 11) is 0. The summed E-state index contributed by atoms with van der Waals surface area (Å²) >= 11 is 5.84. The van der Waals surface area contributed by atoms with Crippen molar-refractivity contribution in [1.82, 2.24) is 5.43 Å². The van der Waals surface area contributed by atoms with Gasteiger partial charge in [0.25, 0.3) is 0 Å². The molecule has 3 amide bonds. The lowest BCUT2D eigenvalue weighted by Crippen LogP contribution is -2.49. The summed E-state index contributed by atoms with van der Waals surface area (Å²) in [5, 5.41) is 3.58. The summed E-state index contributed by atoms with van der Waals surface area (Å²) in [5.74, 6) is -0.342. The molecule has 0 heterocycles. The highest BCUT2D eigenvalue weighted by molar-refractivity contribution is 6.30. The first kappa shape index (κ1) is 16.8. The van der Waals surface area contributed by atoms with Gasteiger partial charge in [-0.2, -0.15) is 0 Å². The molecule has 0 atom stereocenters. The molecule has 6 heteroatoms. The number of hydrogen-bond donors (Lipinski definition) is 2. The lowest BCUT2D eigenvalue weighted by atomic mass is 10.0. The molecule has 0 aliphatic heterocycles. The number of hydrogen-bond acceptors (Lipinski definition) is 2. The predicted octanol–water partition coefficient (Wildman–Crippen LogP) is 3.65. The smallest absolute Gasteiger partial charge is 0.338 e. The second-order valence-corrected chi connectivity index (χ2v) is 5.94. The monoisotopic (exact) mass is 353 g/mol. The molecule has 0 spiro atoms. The molecule has 25 heavy (non-hydrogen) atoms. The Kier molecular flexibility index (Phi) is 4.86. The number of nitrogens with zero attached hydrogens (tertiary/aromatic N) is 1. The SMILES string of the molecule is NC(=O)N(NC(=O)Cc1cccc2ccccc12)c1ccc(Cl)cc1. The largest absolute Gasteiger partial charge is 0.350 e. The molecule has 3 aromatic rings. The van der Waals surface area contributed by atoms with E-state index in [0.717, 1.165) is 21.3 Å². The van der Waals surface area contributed by atoms with Crippen LogP contribution in [-0.4, -0.2) is 11.9 Å². The number of amides is 3. The molecule has 0 unspecified atom stereocenters. The Labute approximate surface area is 150 Å². The predicted molar refractivity (Wildman–Crippen MR) is 99.3 cm³/mol. The molecule has 0 radical (unpaired) electrons. The Morgan fingerprint density at radius 3 is 2.36 bits per heavy atom. The quantitative estimate of drug-likeness (QED) is 0.705. The standard InChI is InChI=1S/C19H16ClN3O2/c20-15-8-10-16(11-9-15)23(19(21)25)22-18(24)12-14-6-3-5-13-4-1-2-7-17(13)14/h1-11H,12H2,(H2,21,25)(H,22,24). The van der Waals surface area contributed by atoms with Crippen LogP contribution in [0.2, 0.25) is 5.02 Å². The van der Waals surface area contributed by atoms with Crippen molar-refractivity contribution in [2.24, 2.45) is 5.73 Å². The third-order valence-corrected chi connectivity index (χ3v) is 4.02. The van der Waals surface area contributed by atoms with E-state index in [2.05, 4.69) is 5.43 Å². The molecule has 0 saturated carbocycles. The van der Waals surface area contributed by atoms with E-state index < -0.39 is 6.03 Å². The number of nitrogens with two attached hydrogens (primary N) is 1. The highest BCUT2D eigenvalue weighted by Gasteiger charge is 2.16. The van der Waals surface area contributed by atoms with E-state index >= 15 is 0 Å². The highest BCUT2D eigenvalue weighted by atomic mass is 35.5. The average Bonchev–Trinajstić information content (AvgIpc) is 2.61. The van der Waals surface area contributed by atoms with Gasteiger partial charge in [0.05, 0.1) is 12.1 Å². The Bertz CT molecular complexity index is 920. The first-order valence-electron chi connectivity index (χ1n) is 7.66. The number of primary amides is 1. The van der Waals surface area contributed by atoms with E-state index in [0.29, 0.717) is 10.7 Å². The second kappa shape index (κ2) is 7.23. The van der Waals surface area contributed by atoms with E-state index in [1.807, 2.05) is 42.5 Å². The minimum absolute atomic E-state index is 0.124. The third-order valence-electron chi connectivity index (χ3n) is 3.77. The lowest BCUT2D eigenvalue weighted by Gasteiger charge is -2.21. The van der Waals surface area contributed by atoms with Gasteiger partial charge >= 0.3 is 6.03 Å². The number of nitrogens with one attached hydrogen (secondary N) is 1. The fraction of sp³-hybridized carbons (Fsp3) is 0.0526. The van der Waals surface area contributed by atoms with Crippen LogP contribution in [0.1, 0.15) is 5.56 Å². The van der Waals surface area contributed by atoms with Crippen LogP contribution in [0.5, 0.6) is 0 Å². The topological polar surface area (TPSA) is 75.4 Å². The molecule has 0 bridgehead atoms. The van der Waals surface area contributed by atoms with Crippen molar-refractivity contribution in [3.63, 3.8) is 0 Å². The number of rotatable bonds is 3. The number of carbonyl (C=O) groups is 2. The number of halogens is 1. The van der Waals surface area contributed by atoms with Gasteiger partial charge in [0.1, 0.15) is 0 Å². The highest BCUT2D eigenvalue weighted by Crippen LogP contribution is 2.20. The molecule has 0 aliphatic carbocycles. The van der Waals surface area contributed by atoms with Crippen molar-refractivity contribution in [1.29, 1.82) is 0 Å². The molecule has 0 aliphatic rings. The zero-order valence-electron chi connectivity index (χ0n) is 13.3. The second-order valence-electron chi connectivity index (χ2n) is 5.50. The van der Waals surface area contributed by atoms with Crippen LogP contribution < -0.4 is 16.2 Å². The van der Waals surface area contributed by atoms with Crippen LogP contribution in [0.4, 0.5) is 10.5 Å². The number of urea groups is 1. The molecule has 126 valence electrons. The molecule has 5 nitrogen and oxygen atoms in total. The fourth-order valence-corrected chi connectivity index (χ4v) is 2.75. The molecule has 0 aromatic heterocycles. The van der Waals surface area contributed by atoms with Gasteiger partial charge in [0.15, 0.2) is 0 Å². The molecular weight excluding hydrogens is 338 g/mol. The van der Waals surface area contributed by atoms with Gasteiger partial charge in [-0.3, -0.25) is 10.2 Å². The molecule has 3 rings (SSSR count). The summed E-state index contributed by atoms with van der Waals surface area (Å²) in [6, 6.07) is 19.2. The molecule has 0 fully saturated rings. The van der Waals surface area contributed by atoms with E-state index in [-0.39, 0.29) is 12.3 Å². The third kappa shape index (κ3) is 3.89. The number of carbonyl (C=O) groups excluding carboxylic acids is 2. The summed E-state index contributed by atoms with van der Waals surface area (Å²) in [6.45, 7) is 0. The maximum Gasteiger partial charge on any atom is 0.338 e. The summed E-state index contributed by atoms with van der Waals surface area (Å²) < 4.78 is 0. The van der Waals surface area contributed by atoms with Crippen molar-refractivity contribution < 1.29 is 9.59 Å². The van der Waals surface area contributed by atoms with Gasteiger partial charge in [-0.05, 0) is 40.6 Å². The van der Waals surface area contributed by atoms with Gasteiger partial charge in [-0.15, -0.1) is 0 Å². The van der Waals surface area contributed by atoms with Gasteiger partial charge in [-0.1, -0.05) is 54.1 Å². The van der Waals surface area contributed by atoms with Crippen LogP contribution in [0, 0.1) is 0 Å². The number of benzene rings is 3. The van der Waals surface area contributed by atoms with Crippen LogP contribution in [0.25, 0.3) is 10.8 Å². The number of hydrazine groups is 1. The van der Waals surface area contributed by atoms with Crippen molar-refractivity contribution in [3.8, 4) is 0 Å². The van der Waals surface area contributed by atoms with Gasteiger partial charge < -0.3 is 5.73 Å². The van der Waals surface area contributed by atoms with Crippen LogP contribution >= 0.6 is 11.6 Å². The number of anilines is 1. The first-order valence-corrected chi connectivity index (χ1v) is 8.03. The van der Waals surface area contributed by atoms with Crippen molar-refractivity contribution >= 4 is 40.0 Å². The Morgan fingerprint density at radius 2 is 1.64 bits per heavy atom. The van der Waals surface area contributed by atoms with Crippen LogP contribution in [0.15, 0.2) is 66.7 Å². The van der Waals surface area contributed by atoms with E-state index in [4.69, 9.17) is 17.3 Å². The molecular formula is C19H16ClN3O2. The maximum atomic E-state index is 12.4. The molecule has 0 saturated heterocycles. The van der Waals surface area contributed by atoms with Crippen molar-refractivity contribution in [2.45, 2.75) is 6.42 Å². The Balaban J connectivity index is 1.80. The van der Waals surface area contributed by atoms with Crippen molar-refractivity contribution in [2.75, 3.05) is 5.01 Å². The Morgan fingerprint density at radius 1 is 0.960 bits per heavy atom. The van der Waals surface area contributed by atoms with Crippen LogP contribution in [-0.2, 0) is 11.2 Å². The lowest BCUT2D eigenvalue weighted by molar-refractivity contribution is -0.120. The van der Waals surface area contributed by atoms with Gasteiger partial charge in [0, 0.05) is 5.02 Å². The molecule has 3 aromatic carbocycles. The van der Waals surface area contributed by atoms with Crippen LogP contribution in [0.3, 0.4) is 0 Å². The Hall–Kier alpha value is -3.05. The minimum atomic E-state index is -0.784. The summed E-state index contributed by atoms with van der Waals surface area (Å²) in [6.07, 6.45) is 0.124. The summed E-state index contributed by atoms with van der Waals surface area (Å²) in [5.41, 5.74) is 9.23. The van der Waals surface area contributed by atoms with E-state index in [1.165, 1.54) is 0 Å². The van der Waals surface area contributed by atoms with Gasteiger partial charge in [-0.25, -0.2) is 9.80 Å². The number of fused-ring (bicyclic) bond motifs is 1. The fourth-order valence-electron chi connectivity index (χ4n) is 2.62. The van der Waals surface area contributed by atoms with E-state index in [1.54, 1.807) is 24.3 Å². The van der Waals surface area contributed by atoms with Gasteiger partial charge in [0.2, 0.25) is 5.91 Å². The molecule has 3 N–H and O–H groups in total. The zero-order valence-corrected chi connectivity index (χ0v) is 14.0. The first-order chi connectivity index (χ1) is 12.0. The average molecular weight is 354 g/mol. The minimum Gasteiger partial charge on any atom is -0.350 e. The van der Waals surface area contributed by atoms with E-state index in [9.17, 15) is 9.59 Å². The zero-order chi connectivity index (χ0) is 17.8.